The van der Waals surface area contributed by atoms with E-state index in [-0.39, 0.29) is 12.4 Å². The molecule has 0 aliphatic rings. The zero-order valence-electron chi connectivity index (χ0n) is 4.67. The Labute approximate surface area is 71.8 Å². The molecule has 0 amide bonds. The topological polar surface area (TPSA) is 0 Å². The van der Waals surface area contributed by atoms with E-state index < -0.39 is 0 Å². The van der Waals surface area contributed by atoms with E-state index >= 15 is 0 Å². The molecule has 1 aromatic rings. The predicted octanol–water partition coefficient (Wildman–Crippen LogP) is 2.37. The molecule has 0 fully saturated rings. The zero-order valence-corrected chi connectivity index (χ0v) is 8.23. The van der Waals surface area contributed by atoms with Crippen LogP contribution in [0.4, 0.5) is 0 Å². The fraction of sp³-hybridized carbons (Fsp3) is 0. The van der Waals surface area contributed by atoms with Gasteiger partial charge in [0.05, 0.1) is 0 Å². The van der Waals surface area contributed by atoms with Crippen LogP contribution in [0.3, 0.4) is 0 Å². The second-order valence-corrected chi connectivity index (χ2v) is 3.00. The van der Waals surface area contributed by atoms with Crippen molar-refractivity contribution < 1.29 is 0 Å². The van der Waals surface area contributed by atoms with Crippen molar-refractivity contribution in [2.24, 2.45) is 0 Å². The van der Waals surface area contributed by atoms with Gasteiger partial charge >= 0.3 is 0 Å². The van der Waals surface area contributed by atoms with E-state index in [1.807, 2.05) is 24.3 Å². The van der Waals surface area contributed by atoms with Gasteiger partial charge in [-0.15, -0.1) is 21.6 Å². The van der Waals surface area contributed by atoms with Crippen molar-refractivity contribution in [2.75, 3.05) is 0 Å². The SMILES string of the molecule is Cl.Pc1ccccc1Br. The molecule has 0 N–H and O–H groups in total. The summed E-state index contributed by atoms with van der Waals surface area (Å²) in [5, 5.41) is 1.20. The standard InChI is InChI=1S/C6H6BrP.ClH/c7-5-3-1-2-4-6(5)8;/h1-4H,8H2;1H. The van der Waals surface area contributed by atoms with Crippen LogP contribution in [0.25, 0.3) is 0 Å². The van der Waals surface area contributed by atoms with Crippen LogP contribution in [0, 0.1) is 0 Å². The molecule has 0 aliphatic heterocycles. The fourth-order valence-electron chi connectivity index (χ4n) is 0.475. The first-order chi connectivity index (χ1) is 3.80. The summed E-state index contributed by atoms with van der Waals surface area (Å²) in [5.41, 5.74) is 0. The molecular weight excluding hydrogens is 218 g/mol. The van der Waals surface area contributed by atoms with E-state index in [4.69, 9.17) is 0 Å². The molecule has 1 rings (SSSR count). The van der Waals surface area contributed by atoms with E-state index in [1.165, 1.54) is 5.30 Å². The molecular formula is C6H7BrClP. The van der Waals surface area contributed by atoms with Gasteiger partial charge in [0.15, 0.2) is 0 Å². The van der Waals surface area contributed by atoms with Gasteiger partial charge in [0.1, 0.15) is 0 Å². The third-order valence-electron chi connectivity index (χ3n) is 0.905. The smallest absolute Gasteiger partial charge is 0.0246 e. The molecule has 0 radical (unpaired) electrons. The number of benzene rings is 1. The second kappa shape index (κ2) is 4.27. The highest BCUT2D eigenvalue weighted by Crippen LogP contribution is 2.07. The first-order valence-electron chi connectivity index (χ1n) is 2.31. The van der Waals surface area contributed by atoms with Crippen LogP contribution in [-0.2, 0) is 0 Å². The van der Waals surface area contributed by atoms with Crippen molar-refractivity contribution >= 4 is 42.9 Å². The molecule has 0 heterocycles. The third-order valence-corrected chi connectivity index (χ3v) is 2.55. The molecule has 0 bridgehead atoms. The predicted molar refractivity (Wildman–Crippen MR) is 50.7 cm³/mol. The lowest BCUT2D eigenvalue weighted by atomic mass is 10.4. The lowest BCUT2D eigenvalue weighted by Crippen LogP contribution is -1.88. The van der Waals surface area contributed by atoms with Gasteiger partial charge in [-0.3, -0.25) is 0 Å². The van der Waals surface area contributed by atoms with Crippen LogP contribution in [0.5, 0.6) is 0 Å². The Morgan fingerprint density at radius 3 is 2.11 bits per heavy atom. The molecule has 1 atom stereocenters. The Morgan fingerprint density at radius 2 is 1.78 bits per heavy atom. The minimum atomic E-state index is 0. The molecule has 0 aromatic heterocycles. The highest BCUT2D eigenvalue weighted by molar-refractivity contribution is 9.10. The second-order valence-electron chi connectivity index (χ2n) is 1.52. The Kier molecular flexibility index (Phi) is 4.47. The average Bonchev–Trinajstić information content (AvgIpc) is 1.77. The Balaban J connectivity index is 0.000000640. The van der Waals surface area contributed by atoms with Crippen LogP contribution in [0.1, 0.15) is 0 Å². The number of hydrogen-bond donors (Lipinski definition) is 0. The number of rotatable bonds is 0. The quantitative estimate of drug-likeness (QED) is 0.595. The molecule has 1 unspecified atom stereocenters. The largest absolute Gasteiger partial charge is 0.147 e. The minimum Gasteiger partial charge on any atom is -0.147 e. The summed E-state index contributed by atoms with van der Waals surface area (Å²) in [6, 6.07) is 8.06. The van der Waals surface area contributed by atoms with Crippen LogP contribution in [-0.4, -0.2) is 0 Å². The van der Waals surface area contributed by atoms with Crippen molar-refractivity contribution in [2.45, 2.75) is 0 Å². The molecule has 1 aromatic carbocycles. The number of hydrogen-bond acceptors (Lipinski definition) is 0. The molecule has 50 valence electrons. The molecule has 0 aliphatic carbocycles. The maximum Gasteiger partial charge on any atom is 0.0246 e. The van der Waals surface area contributed by atoms with Crippen LogP contribution >= 0.6 is 37.6 Å². The van der Waals surface area contributed by atoms with E-state index in [2.05, 4.69) is 25.2 Å². The van der Waals surface area contributed by atoms with Crippen molar-refractivity contribution in [3.8, 4) is 0 Å². The number of halogens is 2. The normalized spacial score (nSPS) is 8.22. The molecule has 0 nitrogen and oxygen atoms in total. The van der Waals surface area contributed by atoms with Crippen molar-refractivity contribution in [1.82, 2.24) is 0 Å². The van der Waals surface area contributed by atoms with Gasteiger partial charge in [0.25, 0.3) is 0 Å². The summed E-state index contributed by atoms with van der Waals surface area (Å²) in [5.74, 6) is 0. The maximum atomic E-state index is 3.37. The summed E-state index contributed by atoms with van der Waals surface area (Å²) in [7, 11) is 2.64. The highest BCUT2D eigenvalue weighted by Gasteiger charge is 1.86. The lowest BCUT2D eigenvalue weighted by Gasteiger charge is -1.91. The van der Waals surface area contributed by atoms with Gasteiger partial charge in [-0.25, -0.2) is 0 Å². The van der Waals surface area contributed by atoms with E-state index in [0.717, 1.165) is 4.47 Å². The lowest BCUT2D eigenvalue weighted by molar-refractivity contribution is 1.72. The van der Waals surface area contributed by atoms with Gasteiger partial charge in [-0.05, 0) is 11.4 Å². The molecule has 0 saturated carbocycles. The van der Waals surface area contributed by atoms with Crippen molar-refractivity contribution in [3.05, 3.63) is 28.7 Å². The molecule has 9 heavy (non-hydrogen) atoms. The molecule has 3 heteroatoms. The van der Waals surface area contributed by atoms with Gasteiger partial charge in [0, 0.05) is 4.47 Å². The summed E-state index contributed by atoms with van der Waals surface area (Å²) >= 11 is 3.37. The van der Waals surface area contributed by atoms with Gasteiger partial charge < -0.3 is 0 Å². The first-order valence-corrected chi connectivity index (χ1v) is 3.68. The van der Waals surface area contributed by atoms with Gasteiger partial charge in [-0.2, -0.15) is 0 Å². The summed E-state index contributed by atoms with van der Waals surface area (Å²) in [4.78, 5) is 0. The maximum absolute atomic E-state index is 3.37. The van der Waals surface area contributed by atoms with Gasteiger partial charge in [0.2, 0.25) is 0 Å². The Morgan fingerprint density at radius 1 is 1.22 bits per heavy atom. The van der Waals surface area contributed by atoms with Crippen LogP contribution in [0.2, 0.25) is 0 Å². The minimum absolute atomic E-state index is 0. The van der Waals surface area contributed by atoms with Crippen molar-refractivity contribution in [3.63, 3.8) is 0 Å². The Bertz CT molecular complexity index is 169. The van der Waals surface area contributed by atoms with Crippen LogP contribution in [0.15, 0.2) is 28.7 Å². The molecule has 0 spiro atoms. The monoisotopic (exact) mass is 224 g/mol. The molecule has 0 saturated heterocycles. The summed E-state index contributed by atoms with van der Waals surface area (Å²) < 4.78 is 1.14. The van der Waals surface area contributed by atoms with E-state index in [0.29, 0.717) is 0 Å². The zero-order chi connectivity index (χ0) is 5.98. The average molecular weight is 225 g/mol. The van der Waals surface area contributed by atoms with Gasteiger partial charge in [-0.1, -0.05) is 34.1 Å². The third kappa shape index (κ3) is 2.66. The Hall–Kier alpha value is 0.420. The highest BCUT2D eigenvalue weighted by atomic mass is 79.9. The van der Waals surface area contributed by atoms with E-state index in [1.54, 1.807) is 0 Å². The van der Waals surface area contributed by atoms with E-state index in [9.17, 15) is 0 Å². The van der Waals surface area contributed by atoms with Crippen molar-refractivity contribution in [1.29, 1.82) is 0 Å². The fourth-order valence-corrected chi connectivity index (χ4v) is 0.967. The van der Waals surface area contributed by atoms with Crippen LogP contribution < -0.4 is 5.30 Å². The first kappa shape index (κ1) is 9.42. The summed E-state index contributed by atoms with van der Waals surface area (Å²) in [6.45, 7) is 0. The summed E-state index contributed by atoms with van der Waals surface area (Å²) in [6.07, 6.45) is 0.